The molecule has 0 spiro atoms. The van der Waals surface area contributed by atoms with Crippen molar-refractivity contribution < 1.29 is 9.32 Å². The molecule has 2 unspecified atom stereocenters. The van der Waals surface area contributed by atoms with Crippen LogP contribution in [0.3, 0.4) is 0 Å². The van der Waals surface area contributed by atoms with E-state index in [9.17, 15) is 9.32 Å². The maximum atomic E-state index is 11.7. The van der Waals surface area contributed by atoms with Crippen LogP contribution >= 0.6 is 0 Å². The van der Waals surface area contributed by atoms with E-state index in [0.29, 0.717) is 16.6 Å². The summed E-state index contributed by atoms with van der Waals surface area (Å²) in [6.45, 7) is 1.16. The van der Waals surface area contributed by atoms with Gasteiger partial charge in [0.1, 0.15) is 11.0 Å². The van der Waals surface area contributed by atoms with Gasteiger partial charge in [0.05, 0.1) is 16.3 Å². The van der Waals surface area contributed by atoms with Crippen molar-refractivity contribution in [3.05, 3.63) is 18.2 Å². The molecule has 1 aromatic rings. The molecule has 1 saturated heterocycles. The van der Waals surface area contributed by atoms with Crippen molar-refractivity contribution in [1.29, 1.82) is 0 Å². The monoisotopic (exact) mass is 297 g/mol. The minimum absolute atomic E-state index is 0.197. The van der Waals surface area contributed by atoms with Crippen LogP contribution in [0.1, 0.15) is 25.7 Å². The molecule has 112 valence electrons. The van der Waals surface area contributed by atoms with E-state index in [2.05, 4.69) is 9.62 Å². The zero-order valence-corrected chi connectivity index (χ0v) is 12.7. The Morgan fingerprint density at radius 1 is 1.50 bits per heavy atom. The van der Waals surface area contributed by atoms with Gasteiger partial charge in [-0.2, -0.15) is 0 Å². The van der Waals surface area contributed by atoms with Gasteiger partial charge in [0, 0.05) is 19.2 Å². The van der Waals surface area contributed by atoms with E-state index in [1.807, 2.05) is 12.1 Å². The minimum Gasteiger partial charge on any atom is -0.397 e. The quantitative estimate of drug-likeness (QED) is 0.715. The third kappa shape index (κ3) is 3.31. The molecule has 2 rings (SSSR count). The van der Waals surface area contributed by atoms with Crippen LogP contribution in [0.15, 0.2) is 23.1 Å². The van der Waals surface area contributed by atoms with E-state index >= 15 is 0 Å². The summed E-state index contributed by atoms with van der Waals surface area (Å²) in [5, 5.41) is 9.19. The molecule has 4 N–H and O–H groups in total. The number of piperidine rings is 1. The topological polar surface area (TPSA) is 78.6 Å². The summed E-state index contributed by atoms with van der Waals surface area (Å²) in [4.78, 5) is 2.96. The van der Waals surface area contributed by atoms with Gasteiger partial charge in [-0.25, -0.2) is 8.93 Å². The Kier molecular flexibility index (Phi) is 5.39. The molecule has 0 aromatic heterocycles. The minimum atomic E-state index is -1.21. The van der Waals surface area contributed by atoms with Gasteiger partial charge in [0.2, 0.25) is 0 Å². The molecular formula is C14H23N3O2S. The molecule has 0 bridgehead atoms. The number of nitrogens with one attached hydrogen (secondary N) is 1. The largest absolute Gasteiger partial charge is 0.397 e. The maximum absolute atomic E-state index is 11.7. The Labute approximate surface area is 122 Å². The summed E-state index contributed by atoms with van der Waals surface area (Å²) < 4.78 is 14.4. The first-order valence-electron chi connectivity index (χ1n) is 7.03. The van der Waals surface area contributed by atoms with E-state index in [1.54, 1.807) is 13.1 Å². The number of nitrogens with two attached hydrogens (primary N) is 1. The molecule has 5 nitrogen and oxygen atoms in total. The number of anilines is 2. The van der Waals surface area contributed by atoms with Crippen molar-refractivity contribution in [2.24, 2.45) is 0 Å². The Bertz CT molecular complexity index is 479. The normalized spacial score (nSPS) is 20.9. The molecule has 1 aliphatic heterocycles. The maximum Gasteiger partial charge on any atom is 0.124 e. The van der Waals surface area contributed by atoms with Gasteiger partial charge >= 0.3 is 0 Å². The van der Waals surface area contributed by atoms with Gasteiger partial charge in [-0.05, 0) is 50.9 Å². The SMILES string of the molecule is CNS(=O)c1ccc(N2CCCCC2CCO)c(N)c1. The van der Waals surface area contributed by atoms with E-state index in [0.717, 1.165) is 31.5 Å². The second-order valence-corrected chi connectivity index (χ2v) is 6.47. The van der Waals surface area contributed by atoms with E-state index in [1.165, 1.54) is 6.42 Å². The lowest BCUT2D eigenvalue weighted by Crippen LogP contribution is -2.40. The lowest BCUT2D eigenvalue weighted by Gasteiger charge is -2.38. The van der Waals surface area contributed by atoms with Crippen LogP contribution in [-0.4, -0.2) is 35.6 Å². The molecule has 0 aliphatic carbocycles. The van der Waals surface area contributed by atoms with Crippen LogP contribution in [0.5, 0.6) is 0 Å². The third-order valence-electron chi connectivity index (χ3n) is 3.80. The highest BCUT2D eigenvalue weighted by Crippen LogP contribution is 2.32. The van der Waals surface area contributed by atoms with Gasteiger partial charge in [-0.3, -0.25) is 0 Å². The molecule has 20 heavy (non-hydrogen) atoms. The number of hydrogen-bond acceptors (Lipinski definition) is 4. The van der Waals surface area contributed by atoms with E-state index < -0.39 is 11.0 Å². The fourth-order valence-electron chi connectivity index (χ4n) is 2.79. The Morgan fingerprint density at radius 3 is 2.95 bits per heavy atom. The summed E-state index contributed by atoms with van der Waals surface area (Å²) >= 11 is 0. The van der Waals surface area contributed by atoms with Crippen LogP contribution in [0.2, 0.25) is 0 Å². The highest BCUT2D eigenvalue weighted by Gasteiger charge is 2.23. The van der Waals surface area contributed by atoms with E-state index in [-0.39, 0.29) is 6.61 Å². The number of benzene rings is 1. The number of rotatable bonds is 5. The predicted molar refractivity (Wildman–Crippen MR) is 83.0 cm³/mol. The molecular weight excluding hydrogens is 274 g/mol. The van der Waals surface area contributed by atoms with Crippen LogP contribution in [0.25, 0.3) is 0 Å². The molecule has 2 atom stereocenters. The van der Waals surface area contributed by atoms with Crippen LogP contribution in [0.4, 0.5) is 11.4 Å². The van der Waals surface area contributed by atoms with Crippen LogP contribution < -0.4 is 15.4 Å². The predicted octanol–water partition coefficient (Wildman–Crippen LogP) is 1.25. The molecule has 1 aliphatic rings. The van der Waals surface area contributed by atoms with Crippen molar-refractivity contribution in [2.75, 3.05) is 30.8 Å². The van der Waals surface area contributed by atoms with Crippen LogP contribution in [-0.2, 0) is 11.0 Å². The standard InChI is InChI=1S/C14H23N3O2S/c1-16-20(19)12-5-6-14(13(15)10-12)17-8-3-2-4-11(17)7-9-18/h5-6,10-11,16,18H,2-4,7-9,15H2,1H3. The number of hydrogen-bond donors (Lipinski definition) is 3. The summed E-state index contributed by atoms with van der Waals surface area (Å²) in [5.41, 5.74) is 7.77. The lowest BCUT2D eigenvalue weighted by atomic mass is 9.98. The summed E-state index contributed by atoms with van der Waals surface area (Å²) in [6, 6.07) is 5.90. The fraction of sp³-hybridized carbons (Fsp3) is 0.571. The van der Waals surface area contributed by atoms with Gasteiger partial charge in [-0.15, -0.1) is 0 Å². The second-order valence-electron chi connectivity index (χ2n) is 5.05. The summed E-state index contributed by atoms with van der Waals surface area (Å²) in [7, 11) is 0.440. The van der Waals surface area contributed by atoms with Crippen LogP contribution in [0, 0.1) is 0 Å². The van der Waals surface area contributed by atoms with Gasteiger partial charge in [-0.1, -0.05) is 0 Å². The number of nitrogen functional groups attached to an aromatic ring is 1. The molecule has 1 fully saturated rings. The molecule has 1 heterocycles. The van der Waals surface area contributed by atoms with Gasteiger partial charge in [0.15, 0.2) is 0 Å². The van der Waals surface area contributed by atoms with Gasteiger partial charge < -0.3 is 15.7 Å². The Hall–Kier alpha value is -1.11. The van der Waals surface area contributed by atoms with Gasteiger partial charge in [0.25, 0.3) is 0 Å². The van der Waals surface area contributed by atoms with Crippen molar-refractivity contribution in [2.45, 2.75) is 36.6 Å². The van der Waals surface area contributed by atoms with Crippen molar-refractivity contribution in [1.82, 2.24) is 4.72 Å². The summed E-state index contributed by atoms with van der Waals surface area (Å²) in [5.74, 6) is 0. The number of nitrogens with zero attached hydrogens (tertiary/aromatic N) is 1. The second kappa shape index (κ2) is 7.06. The highest BCUT2D eigenvalue weighted by atomic mass is 32.2. The van der Waals surface area contributed by atoms with E-state index in [4.69, 9.17) is 5.73 Å². The smallest absolute Gasteiger partial charge is 0.124 e. The first-order chi connectivity index (χ1) is 9.67. The Balaban J connectivity index is 2.24. The third-order valence-corrected chi connectivity index (χ3v) is 4.85. The first-order valence-corrected chi connectivity index (χ1v) is 8.18. The summed E-state index contributed by atoms with van der Waals surface area (Å²) in [6.07, 6.45) is 4.20. The molecule has 0 saturated carbocycles. The number of aliphatic hydroxyl groups excluding tert-OH is 1. The molecule has 1 aromatic carbocycles. The Morgan fingerprint density at radius 2 is 2.30 bits per heavy atom. The zero-order chi connectivity index (χ0) is 14.5. The average molecular weight is 297 g/mol. The fourth-order valence-corrected chi connectivity index (χ4v) is 3.46. The molecule has 0 radical (unpaired) electrons. The lowest BCUT2D eigenvalue weighted by molar-refractivity contribution is 0.262. The zero-order valence-electron chi connectivity index (χ0n) is 11.8. The molecule has 6 heteroatoms. The van der Waals surface area contributed by atoms with Crippen molar-refractivity contribution >= 4 is 22.4 Å². The van der Waals surface area contributed by atoms with Crippen molar-refractivity contribution in [3.63, 3.8) is 0 Å². The van der Waals surface area contributed by atoms with Crippen molar-refractivity contribution in [3.8, 4) is 0 Å². The molecule has 0 amide bonds. The highest BCUT2D eigenvalue weighted by molar-refractivity contribution is 7.83. The first kappa shape index (κ1) is 15.3. The number of aliphatic hydroxyl groups is 1. The average Bonchev–Trinajstić information content (AvgIpc) is 2.47.